The number of aromatic nitrogens is 2. The van der Waals surface area contributed by atoms with Crippen molar-refractivity contribution in [1.29, 1.82) is 0 Å². The third-order valence-electron chi connectivity index (χ3n) is 4.19. The highest BCUT2D eigenvalue weighted by Gasteiger charge is 2.46. The molecule has 144 valence electrons. The predicted molar refractivity (Wildman–Crippen MR) is 101 cm³/mol. The zero-order valence-electron chi connectivity index (χ0n) is 15.0. The van der Waals surface area contributed by atoms with Gasteiger partial charge in [-0.05, 0) is 37.2 Å². The number of carbonyl (C=O) groups is 2. The molecule has 1 saturated heterocycles. The van der Waals surface area contributed by atoms with Gasteiger partial charge in [-0.1, -0.05) is 13.0 Å². The van der Waals surface area contributed by atoms with Crippen molar-refractivity contribution in [2.75, 3.05) is 0 Å². The Morgan fingerprint density at radius 3 is 2.68 bits per heavy atom. The van der Waals surface area contributed by atoms with Crippen molar-refractivity contribution in [3.8, 4) is 0 Å². The van der Waals surface area contributed by atoms with Gasteiger partial charge in [-0.25, -0.2) is 14.8 Å². The molecule has 0 saturated carbocycles. The molecule has 2 aromatic rings. The van der Waals surface area contributed by atoms with E-state index in [0.29, 0.717) is 22.0 Å². The van der Waals surface area contributed by atoms with Crippen LogP contribution in [0.1, 0.15) is 25.8 Å². The summed E-state index contributed by atoms with van der Waals surface area (Å²) < 4.78 is 0. The number of nitro benzene ring substituents is 1. The maximum atomic E-state index is 12.3. The summed E-state index contributed by atoms with van der Waals surface area (Å²) in [4.78, 5) is 43.6. The third-order valence-corrected chi connectivity index (χ3v) is 5.15. The van der Waals surface area contributed by atoms with Crippen molar-refractivity contribution >= 4 is 35.6 Å². The molecule has 1 aliphatic rings. The molecule has 1 fully saturated rings. The highest BCUT2D eigenvalue weighted by atomic mass is 32.2. The van der Waals surface area contributed by atoms with Crippen LogP contribution in [-0.4, -0.2) is 43.6 Å². The molecule has 1 aromatic carbocycles. The number of hydrogen-bond donors (Lipinski definition) is 1. The third kappa shape index (κ3) is 3.83. The largest absolute Gasteiger partial charge is 0.346 e. The van der Waals surface area contributed by atoms with E-state index in [9.17, 15) is 19.7 Å². The summed E-state index contributed by atoms with van der Waals surface area (Å²) in [5.41, 5.74) is -0.788. The fraction of sp³-hybridized carbons (Fsp3) is 0.235. The van der Waals surface area contributed by atoms with Gasteiger partial charge in [0.15, 0.2) is 5.16 Å². The number of carbonyl (C=O) groups excluding carboxylic acids is 2. The topological polar surface area (TPSA) is 131 Å². The molecule has 10 nitrogen and oxygen atoms in total. The van der Waals surface area contributed by atoms with Gasteiger partial charge in [0.1, 0.15) is 5.54 Å². The van der Waals surface area contributed by atoms with Gasteiger partial charge in [-0.15, -0.1) is 5.01 Å². The van der Waals surface area contributed by atoms with E-state index in [1.807, 2.05) is 0 Å². The highest BCUT2D eigenvalue weighted by Crippen LogP contribution is 2.33. The lowest BCUT2D eigenvalue weighted by Gasteiger charge is -2.17. The Labute approximate surface area is 164 Å². The molecule has 3 rings (SSSR count). The second-order valence-corrected chi connectivity index (χ2v) is 7.10. The van der Waals surface area contributed by atoms with Gasteiger partial charge in [-0.2, -0.15) is 5.10 Å². The van der Waals surface area contributed by atoms with Crippen LogP contribution >= 0.6 is 11.8 Å². The second-order valence-electron chi connectivity index (χ2n) is 6.10. The number of nitrogens with one attached hydrogen (secondary N) is 1. The molecule has 1 aromatic heterocycles. The minimum atomic E-state index is -1.00. The summed E-state index contributed by atoms with van der Waals surface area (Å²) in [7, 11) is 0. The molecule has 0 bridgehead atoms. The Balaban J connectivity index is 1.84. The Morgan fingerprint density at radius 2 is 2.07 bits per heavy atom. The Hall–Kier alpha value is -3.34. The lowest BCUT2D eigenvalue weighted by molar-refractivity contribution is -0.387. The molecule has 2 heterocycles. The molecule has 11 heteroatoms. The zero-order valence-corrected chi connectivity index (χ0v) is 15.8. The Kier molecular flexibility index (Phi) is 5.36. The molecular weight excluding hydrogens is 384 g/mol. The molecule has 1 N–H and O–H groups in total. The number of amides is 3. The lowest BCUT2D eigenvalue weighted by atomic mass is 10.00. The number of hydrazone groups is 1. The highest BCUT2D eigenvalue weighted by molar-refractivity contribution is 7.99. The summed E-state index contributed by atoms with van der Waals surface area (Å²) in [5, 5.41) is 19.0. The number of nitro groups is 1. The van der Waals surface area contributed by atoms with Gasteiger partial charge >= 0.3 is 6.03 Å². The normalized spacial score (nSPS) is 19.3. The molecule has 1 atom stereocenters. The number of hydrogen-bond acceptors (Lipinski definition) is 8. The Bertz CT molecular complexity index is 967. The molecule has 0 aliphatic carbocycles. The molecule has 28 heavy (non-hydrogen) atoms. The first kappa shape index (κ1) is 19.4. The number of benzene rings is 1. The molecular formula is C17H16N6O4S. The quantitative estimate of drug-likeness (QED) is 0.259. The first-order chi connectivity index (χ1) is 13.3. The number of imide groups is 1. The maximum Gasteiger partial charge on any atom is 0.346 e. The second kappa shape index (κ2) is 7.72. The van der Waals surface area contributed by atoms with Crippen LogP contribution in [0.3, 0.4) is 0 Å². The van der Waals surface area contributed by atoms with Crippen molar-refractivity contribution in [3.63, 3.8) is 0 Å². The average Bonchev–Trinajstić information content (AvgIpc) is 2.90. The first-order valence-corrected chi connectivity index (χ1v) is 9.09. The summed E-state index contributed by atoms with van der Waals surface area (Å²) in [6, 6.07) is 5.47. The van der Waals surface area contributed by atoms with Crippen LogP contribution in [0.25, 0.3) is 0 Å². The van der Waals surface area contributed by atoms with E-state index in [0.717, 1.165) is 16.8 Å². The minimum absolute atomic E-state index is 0.156. The first-order valence-electron chi connectivity index (χ1n) is 8.28. The van der Waals surface area contributed by atoms with E-state index in [1.54, 1.807) is 44.4 Å². The SMILES string of the molecule is CCC1(C)NC(=O)N(N=Cc2ccc(Sc3ncccn3)c([N+](=O)[O-])c2)C1=O. The number of rotatable bonds is 6. The van der Waals surface area contributed by atoms with Crippen LogP contribution in [-0.2, 0) is 4.79 Å². The monoisotopic (exact) mass is 400 g/mol. The maximum absolute atomic E-state index is 12.3. The van der Waals surface area contributed by atoms with Crippen LogP contribution in [0.5, 0.6) is 0 Å². The van der Waals surface area contributed by atoms with Gasteiger partial charge < -0.3 is 5.32 Å². The van der Waals surface area contributed by atoms with Crippen LogP contribution in [0.2, 0.25) is 0 Å². The van der Waals surface area contributed by atoms with Gasteiger partial charge in [-0.3, -0.25) is 14.9 Å². The average molecular weight is 400 g/mol. The number of nitrogens with zero attached hydrogens (tertiary/aromatic N) is 5. The van der Waals surface area contributed by atoms with E-state index < -0.39 is 22.4 Å². The molecule has 3 amide bonds. The van der Waals surface area contributed by atoms with Crippen molar-refractivity contribution in [3.05, 3.63) is 52.3 Å². The smallest absolute Gasteiger partial charge is 0.322 e. The summed E-state index contributed by atoms with van der Waals surface area (Å²) in [6.45, 7) is 3.40. The summed E-state index contributed by atoms with van der Waals surface area (Å²) >= 11 is 1.06. The number of urea groups is 1. The summed E-state index contributed by atoms with van der Waals surface area (Å²) in [5.74, 6) is -0.473. The van der Waals surface area contributed by atoms with Crippen molar-refractivity contribution in [2.24, 2.45) is 5.10 Å². The lowest BCUT2D eigenvalue weighted by Crippen LogP contribution is -2.42. The van der Waals surface area contributed by atoms with Crippen LogP contribution < -0.4 is 5.32 Å². The fourth-order valence-corrected chi connectivity index (χ4v) is 3.22. The molecule has 1 unspecified atom stereocenters. The zero-order chi connectivity index (χ0) is 20.3. The van der Waals surface area contributed by atoms with Crippen LogP contribution in [0.4, 0.5) is 10.5 Å². The summed E-state index contributed by atoms with van der Waals surface area (Å²) in [6.07, 6.45) is 4.75. The van der Waals surface area contributed by atoms with E-state index in [1.165, 1.54) is 12.3 Å². The van der Waals surface area contributed by atoms with E-state index in [4.69, 9.17) is 0 Å². The van der Waals surface area contributed by atoms with Crippen LogP contribution in [0.15, 0.2) is 51.8 Å². The molecule has 0 radical (unpaired) electrons. The van der Waals surface area contributed by atoms with Gasteiger partial charge in [0.2, 0.25) is 0 Å². The van der Waals surface area contributed by atoms with Gasteiger partial charge in [0.25, 0.3) is 11.6 Å². The predicted octanol–water partition coefficient (Wildman–Crippen LogP) is 2.59. The van der Waals surface area contributed by atoms with Crippen molar-refractivity contribution in [2.45, 2.75) is 35.9 Å². The minimum Gasteiger partial charge on any atom is -0.322 e. The van der Waals surface area contributed by atoms with E-state index >= 15 is 0 Å². The van der Waals surface area contributed by atoms with Crippen molar-refractivity contribution in [1.82, 2.24) is 20.3 Å². The standard InChI is InChI=1S/C17H16N6O4S/c1-3-17(2)14(24)22(16(25)21-17)20-10-11-5-6-13(12(9-11)23(26)27)28-15-18-7-4-8-19-15/h4-10H,3H2,1-2H3,(H,21,25). The Morgan fingerprint density at radius 1 is 1.36 bits per heavy atom. The van der Waals surface area contributed by atoms with Crippen LogP contribution in [0, 0.1) is 10.1 Å². The van der Waals surface area contributed by atoms with E-state index in [2.05, 4.69) is 20.4 Å². The fourth-order valence-electron chi connectivity index (χ4n) is 2.42. The van der Waals surface area contributed by atoms with E-state index in [-0.39, 0.29) is 5.69 Å². The molecule has 1 aliphatic heterocycles. The van der Waals surface area contributed by atoms with Gasteiger partial charge in [0.05, 0.1) is 16.0 Å². The molecule has 0 spiro atoms. The van der Waals surface area contributed by atoms with Gasteiger partial charge in [0, 0.05) is 24.0 Å². The van der Waals surface area contributed by atoms with Crippen molar-refractivity contribution < 1.29 is 14.5 Å².